The Morgan fingerprint density at radius 2 is 1.95 bits per heavy atom. The molecule has 0 bridgehead atoms. The molecule has 1 saturated carbocycles. The maximum Gasteiger partial charge on any atom is 0.0449 e. The van der Waals surface area contributed by atoms with E-state index in [1.54, 1.807) is 0 Å². The number of hydrogen-bond acceptors (Lipinski definition) is 2. The predicted molar refractivity (Wildman–Crippen MR) is 89.3 cm³/mol. The number of piperazine rings is 1. The van der Waals surface area contributed by atoms with Crippen molar-refractivity contribution in [3.8, 4) is 0 Å². The van der Waals surface area contributed by atoms with Crippen molar-refractivity contribution in [3.05, 3.63) is 35.9 Å². The van der Waals surface area contributed by atoms with Crippen molar-refractivity contribution in [1.82, 2.24) is 10.2 Å². The van der Waals surface area contributed by atoms with Crippen LogP contribution in [0.15, 0.2) is 30.3 Å². The molecule has 1 N–H and O–H groups in total. The summed E-state index contributed by atoms with van der Waals surface area (Å²) in [6.45, 7) is 10.7. The fourth-order valence-corrected chi connectivity index (χ4v) is 3.81. The van der Waals surface area contributed by atoms with E-state index in [9.17, 15) is 0 Å². The summed E-state index contributed by atoms with van der Waals surface area (Å²) in [5, 5.41) is 3.78. The van der Waals surface area contributed by atoms with E-state index in [0.717, 1.165) is 19.0 Å². The molecular weight excluding hydrogens is 256 g/mol. The predicted octanol–water partition coefficient (Wildman–Crippen LogP) is 3.85. The molecule has 0 radical (unpaired) electrons. The van der Waals surface area contributed by atoms with Gasteiger partial charge in [0.25, 0.3) is 0 Å². The van der Waals surface area contributed by atoms with Crippen LogP contribution in [0.3, 0.4) is 0 Å². The van der Waals surface area contributed by atoms with E-state index in [-0.39, 0.29) is 0 Å². The van der Waals surface area contributed by atoms with Crippen molar-refractivity contribution in [1.29, 1.82) is 0 Å². The molecule has 2 heteroatoms. The van der Waals surface area contributed by atoms with Crippen LogP contribution in [0, 0.1) is 11.3 Å². The quantitative estimate of drug-likeness (QED) is 0.884. The van der Waals surface area contributed by atoms with Crippen LogP contribution in [-0.4, -0.2) is 30.6 Å². The number of rotatable bonds is 5. The minimum atomic E-state index is 0.494. The van der Waals surface area contributed by atoms with Gasteiger partial charge in [-0.1, -0.05) is 51.1 Å². The summed E-state index contributed by atoms with van der Waals surface area (Å²) in [5.74, 6) is 0.724. The van der Waals surface area contributed by atoms with Crippen LogP contribution in [0.1, 0.15) is 51.6 Å². The Hall–Kier alpha value is -0.860. The third-order valence-electron chi connectivity index (χ3n) is 5.68. The standard InChI is InChI=1S/C19H30N2/c1-4-19(10-11-19)14-21-13-17(16-8-6-5-7-9-16)20-12-18(21)15(2)3/h5-9,15,17-18,20H,4,10-14H2,1-3H3. The Balaban J connectivity index is 1.72. The average Bonchev–Trinajstić information content (AvgIpc) is 3.28. The van der Waals surface area contributed by atoms with E-state index in [4.69, 9.17) is 0 Å². The van der Waals surface area contributed by atoms with E-state index in [1.165, 1.54) is 31.4 Å². The SMILES string of the molecule is CCC1(CN2CC(c3ccccc3)NCC2C(C)C)CC1. The van der Waals surface area contributed by atoms with Crippen LogP contribution in [0.2, 0.25) is 0 Å². The lowest BCUT2D eigenvalue weighted by atomic mass is 9.93. The van der Waals surface area contributed by atoms with Crippen molar-refractivity contribution in [2.24, 2.45) is 11.3 Å². The highest BCUT2D eigenvalue weighted by Gasteiger charge is 2.44. The van der Waals surface area contributed by atoms with Gasteiger partial charge < -0.3 is 5.32 Å². The van der Waals surface area contributed by atoms with E-state index in [1.807, 2.05) is 0 Å². The zero-order valence-electron chi connectivity index (χ0n) is 13.8. The summed E-state index contributed by atoms with van der Waals surface area (Å²) in [6.07, 6.45) is 4.22. The summed E-state index contributed by atoms with van der Waals surface area (Å²) in [7, 11) is 0. The van der Waals surface area contributed by atoms with Gasteiger partial charge in [-0.3, -0.25) is 4.90 Å². The summed E-state index contributed by atoms with van der Waals surface area (Å²) < 4.78 is 0. The first-order valence-electron chi connectivity index (χ1n) is 8.66. The van der Waals surface area contributed by atoms with Gasteiger partial charge in [0.2, 0.25) is 0 Å². The van der Waals surface area contributed by atoms with Gasteiger partial charge in [-0.15, -0.1) is 0 Å². The zero-order valence-corrected chi connectivity index (χ0v) is 13.8. The van der Waals surface area contributed by atoms with Crippen molar-refractivity contribution in [2.75, 3.05) is 19.6 Å². The molecule has 2 unspecified atom stereocenters. The van der Waals surface area contributed by atoms with Crippen LogP contribution >= 0.6 is 0 Å². The molecule has 3 rings (SSSR count). The monoisotopic (exact) mass is 286 g/mol. The van der Waals surface area contributed by atoms with E-state index in [2.05, 4.69) is 61.3 Å². The first-order chi connectivity index (χ1) is 10.1. The van der Waals surface area contributed by atoms with Crippen molar-refractivity contribution < 1.29 is 0 Å². The molecule has 0 amide bonds. The van der Waals surface area contributed by atoms with Gasteiger partial charge in [0.1, 0.15) is 0 Å². The van der Waals surface area contributed by atoms with Gasteiger partial charge in [-0.25, -0.2) is 0 Å². The average molecular weight is 286 g/mol. The number of nitrogens with one attached hydrogen (secondary N) is 1. The zero-order chi connectivity index (χ0) is 14.9. The molecule has 0 aromatic heterocycles. The maximum atomic E-state index is 3.78. The topological polar surface area (TPSA) is 15.3 Å². The lowest BCUT2D eigenvalue weighted by molar-refractivity contribution is 0.0753. The Kier molecular flexibility index (Phi) is 4.37. The van der Waals surface area contributed by atoms with Gasteiger partial charge in [-0.05, 0) is 36.2 Å². The van der Waals surface area contributed by atoms with Crippen LogP contribution in [0.25, 0.3) is 0 Å². The Morgan fingerprint density at radius 3 is 2.52 bits per heavy atom. The normalized spacial score (nSPS) is 28.8. The second kappa shape index (κ2) is 6.10. The van der Waals surface area contributed by atoms with Crippen LogP contribution in [-0.2, 0) is 0 Å². The van der Waals surface area contributed by atoms with E-state index < -0.39 is 0 Å². The molecule has 2 nitrogen and oxygen atoms in total. The highest BCUT2D eigenvalue weighted by atomic mass is 15.2. The Bertz CT molecular complexity index is 450. The molecule has 116 valence electrons. The van der Waals surface area contributed by atoms with E-state index in [0.29, 0.717) is 17.5 Å². The Morgan fingerprint density at radius 1 is 1.24 bits per heavy atom. The molecule has 2 fully saturated rings. The van der Waals surface area contributed by atoms with Crippen molar-refractivity contribution in [2.45, 2.75) is 52.1 Å². The van der Waals surface area contributed by atoms with Crippen LogP contribution in [0.5, 0.6) is 0 Å². The van der Waals surface area contributed by atoms with Gasteiger partial charge in [0.15, 0.2) is 0 Å². The third kappa shape index (κ3) is 3.32. The van der Waals surface area contributed by atoms with E-state index >= 15 is 0 Å². The second-order valence-corrected chi connectivity index (χ2v) is 7.47. The molecular formula is C19H30N2. The summed E-state index contributed by atoms with van der Waals surface area (Å²) in [4.78, 5) is 2.79. The molecule has 1 aromatic rings. The molecule has 1 saturated heterocycles. The molecule has 2 atom stereocenters. The van der Waals surface area contributed by atoms with Crippen molar-refractivity contribution >= 4 is 0 Å². The van der Waals surface area contributed by atoms with Gasteiger partial charge in [0.05, 0.1) is 0 Å². The lowest BCUT2D eigenvalue weighted by Crippen LogP contribution is -2.56. The largest absolute Gasteiger partial charge is 0.307 e. The number of nitrogens with zero attached hydrogens (tertiary/aromatic N) is 1. The smallest absolute Gasteiger partial charge is 0.0449 e. The molecule has 2 aliphatic rings. The highest BCUT2D eigenvalue weighted by molar-refractivity contribution is 5.20. The van der Waals surface area contributed by atoms with Crippen LogP contribution in [0.4, 0.5) is 0 Å². The van der Waals surface area contributed by atoms with Gasteiger partial charge in [0, 0.05) is 31.7 Å². The van der Waals surface area contributed by atoms with Crippen LogP contribution < -0.4 is 5.32 Å². The third-order valence-corrected chi connectivity index (χ3v) is 5.68. The van der Waals surface area contributed by atoms with Gasteiger partial charge in [-0.2, -0.15) is 0 Å². The van der Waals surface area contributed by atoms with Crippen molar-refractivity contribution in [3.63, 3.8) is 0 Å². The summed E-state index contributed by atoms with van der Waals surface area (Å²) in [6, 6.07) is 12.1. The molecule has 21 heavy (non-hydrogen) atoms. The highest BCUT2D eigenvalue weighted by Crippen LogP contribution is 2.49. The molecule has 0 spiro atoms. The van der Waals surface area contributed by atoms with Gasteiger partial charge >= 0.3 is 0 Å². The molecule has 1 aromatic carbocycles. The molecule has 1 heterocycles. The molecule has 1 aliphatic heterocycles. The summed E-state index contributed by atoms with van der Waals surface area (Å²) >= 11 is 0. The Labute approximate surface area is 129 Å². The fourth-order valence-electron chi connectivity index (χ4n) is 3.81. The maximum absolute atomic E-state index is 3.78. The second-order valence-electron chi connectivity index (χ2n) is 7.47. The first kappa shape index (κ1) is 15.1. The number of hydrogen-bond donors (Lipinski definition) is 1. The number of benzene rings is 1. The lowest BCUT2D eigenvalue weighted by Gasteiger charge is -2.44. The molecule has 1 aliphatic carbocycles. The summed E-state index contributed by atoms with van der Waals surface area (Å²) in [5.41, 5.74) is 2.08. The minimum Gasteiger partial charge on any atom is -0.307 e. The fraction of sp³-hybridized carbons (Fsp3) is 0.684. The first-order valence-corrected chi connectivity index (χ1v) is 8.66. The minimum absolute atomic E-state index is 0.494.